The number of hydrogen-bond donors (Lipinski definition) is 1. The Balaban J connectivity index is 2.21. The van der Waals surface area contributed by atoms with Crippen molar-refractivity contribution < 1.29 is 4.79 Å². The maximum absolute atomic E-state index is 11.5. The summed E-state index contributed by atoms with van der Waals surface area (Å²) in [6.07, 6.45) is 1.78. The van der Waals surface area contributed by atoms with E-state index in [0.717, 1.165) is 27.6 Å². The Morgan fingerprint density at radius 1 is 1.00 bits per heavy atom. The Bertz CT molecular complexity index is 710. The van der Waals surface area contributed by atoms with Crippen LogP contribution < -0.4 is 0 Å². The lowest BCUT2D eigenvalue weighted by molar-refractivity contribution is 0.101. The van der Waals surface area contributed by atoms with Gasteiger partial charge in [-0.3, -0.25) is 4.79 Å². The van der Waals surface area contributed by atoms with E-state index in [1.165, 1.54) is 0 Å². The molecule has 1 aromatic heterocycles. The maximum Gasteiger partial charge on any atom is 0.161 e. The van der Waals surface area contributed by atoms with E-state index in [0.29, 0.717) is 0 Å². The Labute approximate surface area is 105 Å². The molecule has 0 atom stereocenters. The molecule has 0 saturated carbocycles. The summed E-state index contributed by atoms with van der Waals surface area (Å²) in [5.74, 6) is 0.0893. The number of carbonyl (C=O) groups is 1. The zero-order chi connectivity index (χ0) is 12.5. The first-order valence-corrected chi connectivity index (χ1v) is 5.93. The number of fused-ring (bicyclic) bond motifs is 1. The molecule has 0 bridgehead atoms. The number of aromatic amines is 1. The molecule has 0 aliphatic rings. The first-order valence-electron chi connectivity index (χ1n) is 5.93. The molecule has 3 aromatic rings. The first-order chi connectivity index (χ1) is 8.75. The van der Waals surface area contributed by atoms with E-state index < -0.39 is 0 Å². The average molecular weight is 235 g/mol. The molecule has 0 aliphatic heterocycles. The van der Waals surface area contributed by atoms with Gasteiger partial charge in [0, 0.05) is 22.7 Å². The summed E-state index contributed by atoms with van der Waals surface area (Å²) in [4.78, 5) is 14.7. The predicted molar refractivity (Wildman–Crippen MR) is 73.7 cm³/mol. The van der Waals surface area contributed by atoms with Crippen LogP contribution in [-0.4, -0.2) is 10.8 Å². The minimum atomic E-state index is 0.0893. The summed E-state index contributed by atoms with van der Waals surface area (Å²) in [5.41, 5.74) is 4.04. The van der Waals surface area contributed by atoms with Crippen molar-refractivity contribution in [3.8, 4) is 11.1 Å². The van der Waals surface area contributed by atoms with Gasteiger partial charge in [-0.15, -0.1) is 0 Å². The van der Waals surface area contributed by atoms with Gasteiger partial charge in [0.05, 0.1) is 0 Å². The molecule has 0 aliphatic carbocycles. The molecule has 0 unspecified atom stereocenters. The first kappa shape index (κ1) is 10.8. The fraction of sp³-hybridized carbons (Fsp3) is 0.0625. The number of ketones is 1. The lowest BCUT2D eigenvalue weighted by Gasteiger charge is -2.02. The standard InChI is InChI=1S/C16H13NO/c1-11(18)15-10-17-16-8-7-13(9-14(15)16)12-5-3-2-4-6-12/h2-10,17H,1H3. The summed E-state index contributed by atoms with van der Waals surface area (Å²) >= 11 is 0. The average Bonchev–Trinajstić information content (AvgIpc) is 2.82. The minimum Gasteiger partial charge on any atom is -0.360 e. The summed E-state index contributed by atoms with van der Waals surface area (Å²) in [5, 5.41) is 0.990. The third kappa shape index (κ3) is 1.72. The third-order valence-electron chi connectivity index (χ3n) is 3.17. The second-order valence-electron chi connectivity index (χ2n) is 4.38. The molecule has 88 valence electrons. The lowest BCUT2D eigenvalue weighted by Crippen LogP contribution is -1.88. The van der Waals surface area contributed by atoms with Crippen molar-refractivity contribution in [3.05, 3.63) is 60.3 Å². The fourth-order valence-corrected chi connectivity index (χ4v) is 2.22. The van der Waals surface area contributed by atoms with E-state index in [9.17, 15) is 4.79 Å². The predicted octanol–water partition coefficient (Wildman–Crippen LogP) is 4.04. The van der Waals surface area contributed by atoms with E-state index in [4.69, 9.17) is 0 Å². The smallest absolute Gasteiger partial charge is 0.161 e. The van der Waals surface area contributed by atoms with Crippen LogP contribution in [0.15, 0.2) is 54.7 Å². The summed E-state index contributed by atoms with van der Waals surface area (Å²) in [6, 6.07) is 16.3. The lowest BCUT2D eigenvalue weighted by atomic mass is 10.0. The van der Waals surface area contributed by atoms with Gasteiger partial charge in [-0.25, -0.2) is 0 Å². The molecule has 3 rings (SSSR count). The number of aromatic nitrogens is 1. The van der Waals surface area contributed by atoms with Crippen LogP contribution in [0.4, 0.5) is 0 Å². The Morgan fingerprint density at radius 3 is 2.50 bits per heavy atom. The van der Waals surface area contributed by atoms with Crippen molar-refractivity contribution in [2.75, 3.05) is 0 Å². The van der Waals surface area contributed by atoms with Crippen LogP contribution in [-0.2, 0) is 0 Å². The monoisotopic (exact) mass is 235 g/mol. The Hall–Kier alpha value is -2.35. The van der Waals surface area contributed by atoms with Crippen molar-refractivity contribution in [1.82, 2.24) is 4.98 Å². The molecule has 2 nitrogen and oxygen atoms in total. The number of nitrogens with one attached hydrogen (secondary N) is 1. The van der Waals surface area contributed by atoms with Crippen molar-refractivity contribution in [3.63, 3.8) is 0 Å². The molecule has 2 aromatic carbocycles. The van der Waals surface area contributed by atoms with E-state index in [1.54, 1.807) is 13.1 Å². The molecule has 0 saturated heterocycles. The zero-order valence-corrected chi connectivity index (χ0v) is 10.1. The number of hydrogen-bond acceptors (Lipinski definition) is 1. The maximum atomic E-state index is 11.5. The molecule has 1 N–H and O–H groups in total. The molecule has 1 heterocycles. The highest BCUT2D eigenvalue weighted by molar-refractivity contribution is 6.07. The summed E-state index contributed by atoms with van der Waals surface area (Å²) in [7, 11) is 0. The van der Waals surface area contributed by atoms with Gasteiger partial charge in [-0.1, -0.05) is 36.4 Å². The van der Waals surface area contributed by atoms with Gasteiger partial charge < -0.3 is 4.98 Å². The Morgan fingerprint density at radius 2 is 1.78 bits per heavy atom. The van der Waals surface area contributed by atoms with Gasteiger partial charge >= 0.3 is 0 Å². The minimum absolute atomic E-state index is 0.0893. The molecule has 0 spiro atoms. The van der Waals surface area contributed by atoms with Crippen molar-refractivity contribution in [2.45, 2.75) is 6.92 Å². The highest BCUT2D eigenvalue weighted by Gasteiger charge is 2.08. The van der Waals surface area contributed by atoms with Crippen LogP contribution in [0.2, 0.25) is 0 Å². The number of rotatable bonds is 2. The SMILES string of the molecule is CC(=O)c1c[nH]c2ccc(-c3ccccc3)cc12. The van der Waals surface area contributed by atoms with Crippen molar-refractivity contribution >= 4 is 16.7 Å². The number of H-pyrrole nitrogens is 1. The zero-order valence-electron chi connectivity index (χ0n) is 10.1. The number of carbonyl (C=O) groups excluding carboxylic acids is 1. The van der Waals surface area contributed by atoms with Crippen LogP contribution in [0.5, 0.6) is 0 Å². The van der Waals surface area contributed by atoms with Crippen LogP contribution in [0.25, 0.3) is 22.0 Å². The van der Waals surface area contributed by atoms with Crippen LogP contribution >= 0.6 is 0 Å². The fourth-order valence-electron chi connectivity index (χ4n) is 2.22. The molecular formula is C16H13NO. The second-order valence-corrected chi connectivity index (χ2v) is 4.38. The van der Waals surface area contributed by atoms with E-state index in [-0.39, 0.29) is 5.78 Å². The Kier molecular flexibility index (Phi) is 2.49. The highest BCUT2D eigenvalue weighted by Crippen LogP contribution is 2.26. The topological polar surface area (TPSA) is 32.9 Å². The van der Waals surface area contributed by atoms with Gasteiger partial charge in [0.15, 0.2) is 5.78 Å². The van der Waals surface area contributed by atoms with Gasteiger partial charge in [-0.05, 0) is 30.2 Å². The second kappa shape index (κ2) is 4.15. The normalized spacial score (nSPS) is 10.7. The van der Waals surface area contributed by atoms with Gasteiger partial charge in [0.1, 0.15) is 0 Å². The van der Waals surface area contributed by atoms with Gasteiger partial charge in [0.2, 0.25) is 0 Å². The quantitative estimate of drug-likeness (QED) is 0.668. The molecular weight excluding hydrogens is 222 g/mol. The molecule has 18 heavy (non-hydrogen) atoms. The third-order valence-corrected chi connectivity index (χ3v) is 3.17. The van der Waals surface area contributed by atoms with E-state index in [2.05, 4.69) is 29.2 Å². The van der Waals surface area contributed by atoms with E-state index >= 15 is 0 Å². The number of benzene rings is 2. The van der Waals surface area contributed by atoms with Gasteiger partial charge in [-0.2, -0.15) is 0 Å². The van der Waals surface area contributed by atoms with E-state index in [1.807, 2.05) is 24.3 Å². The molecule has 0 radical (unpaired) electrons. The molecule has 0 amide bonds. The number of Topliss-reactive ketones (excluding diaryl/α,β-unsaturated/α-hetero) is 1. The van der Waals surface area contributed by atoms with Gasteiger partial charge in [0.25, 0.3) is 0 Å². The van der Waals surface area contributed by atoms with Crippen LogP contribution in [0.3, 0.4) is 0 Å². The molecule has 0 fully saturated rings. The summed E-state index contributed by atoms with van der Waals surface area (Å²) in [6.45, 7) is 1.60. The van der Waals surface area contributed by atoms with Crippen LogP contribution in [0.1, 0.15) is 17.3 Å². The summed E-state index contributed by atoms with van der Waals surface area (Å²) < 4.78 is 0. The highest BCUT2D eigenvalue weighted by atomic mass is 16.1. The van der Waals surface area contributed by atoms with Crippen molar-refractivity contribution in [2.24, 2.45) is 0 Å². The molecule has 2 heteroatoms. The van der Waals surface area contributed by atoms with Crippen LogP contribution in [0, 0.1) is 0 Å². The van der Waals surface area contributed by atoms with Crippen molar-refractivity contribution in [1.29, 1.82) is 0 Å². The largest absolute Gasteiger partial charge is 0.360 e.